The lowest BCUT2D eigenvalue weighted by atomic mass is 9.94. The molecule has 0 bridgehead atoms. The van der Waals surface area contributed by atoms with Gasteiger partial charge in [-0.05, 0) is 25.7 Å². The zero-order valence-corrected chi connectivity index (χ0v) is 16.6. The standard InChI is InChI=1S/C20H31NO8/c22-14(23)11-21-18(25)17-16(28-20(29-17)9-5-2-6-10-20)15(24)13-12-26-19(27-13)7-3-1-4-8-19/h13,15-17,24H,1-12H2,(H,21,25)(H,22,23)/t13-,15-,16+,17+/m1/s1. The van der Waals surface area contributed by atoms with E-state index in [1.165, 1.54) is 0 Å². The fraction of sp³-hybridized carbons (Fsp3) is 0.900. The Morgan fingerprint density at radius 3 is 2.17 bits per heavy atom. The van der Waals surface area contributed by atoms with E-state index < -0.39 is 54.4 Å². The molecule has 164 valence electrons. The van der Waals surface area contributed by atoms with Crippen LogP contribution in [-0.4, -0.2) is 71.2 Å². The molecular weight excluding hydrogens is 382 g/mol. The molecule has 4 aliphatic rings. The maximum atomic E-state index is 12.6. The average Bonchev–Trinajstić information content (AvgIpc) is 3.29. The fourth-order valence-corrected chi connectivity index (χ4v) is 4.99. The molecule has 1 amide bonds. The van der Waals surface area contributed by atoms with E-state index in [1.54, 1.807) is 0 Å². The molecule has 9 heteroatoms. The van der Waals surface area contributed by atoms with Crippen LogP contribution in [0.5, 0.6) is 0 Å². The Morgan fingerprint density at radius 1 is 0.931 bits per heavy atom. The smallest absolute Gasteiger partial charge is 0.322 e. The van der Waals surface area contributed by atoms with Gasteiger partial charge in [-0.25, -0.2) is 0 Å². The lowest BCUT2D eigenvalue weighted by Gasteiger charge is -2.34. The third-order valence-electron chi connectivity index (χ3n) is 6.49. The van der Waals surface area contributed by atoms with Crippen LogP contribution in [0.4, 0.5) is 0 Å². The second kappa shape index (κ2) is 8.47. The minimum Gasteiger partial charge on any atom is -0.480 e. The first-order valence-electron chi connectivity index (χ1n) is 10.8. The predicted molar refractivity (Wildman–Crippen MR) is 98.9 cm³/mol. The molecule has 2 aliphatic heterocycles. The van der Waals surface area contributed by atoms with E-state index in [4.69, 9.17) is 24.1 Å². The molecule has 4 atom stereocenters. The third-order valence-corrected chi connectivity index (χ3v) is 6.49. The molecule has 4 rings (SSSR count). The van der Waals surface area contributed by atoms with Crippen molar-refractivity contribution in [3.05, 3.63) is 0 Å². The SMILES string of the molecule is O=C(O)CNC(=O)[C@H]1OC2(CCCCC2)O[C@H]1[C@H](O)[C@H]1COC2(CCCCC2)O1. The van der Waals surface area contributed by atoms with Crippen molar-refractivity contribution in [2.45, 2.75) is 100 Å². The number of aliphatic hydroxyl groups excluding tert-OH is 1. The van der Waals surface area contributed by atoms with Gasteiger partial charge in [-0.1, -0.05) is 12.8 Å². The number of carboxylic acid groups (broad SMARTS) is 1. The van der Waals surface area contributed by atoms with Crippen molar-refractivity contribution >= 4 is 11.9 Å². The van der Waals surface area contributed by atoms with Crippen molar-refractivity contribution in [3.8, 4) is 0 Å². The number of aliphatic hydroxyl groups is 1. The number of ether oxygens (including phenoxy) is 4. The highest BCUT2D eigenvalue weighted by Crippen LogP contribution is 2.44. The van der Waals surface area contributed by atoms with Crippen LogP contribution in [0, 0.1) is 0 Å². The van der Waals surface area contributed by atoms with Crippen LogP contribution in [0.25, 0.3) is 0 Å². The molecular formula is C20H31NO8. The van der Waals surface area contributed by atoms with E-state index in [0.717, 1.165) is 51.4 Å². The average molecular weight is 413 g/mol. The van der Waals surface area contributed by atoms with Crippen LogP contribution in [0.1, 0.15) is 64.2 Å². The summed E-state index contributed by atoms with van der Waals surface area (Å²) < 4.78 is 24.3. The number of rotatable bonds is 5. The van der Waals surface area contributed by atoms with Gasteiger partial charge >= 0.3 is 5.97 Å². The minimum absolute atomic E-state index is 0.234. The number of hydrogen-bond acceptors (Lipinski definition) is 7. The van der Waals surface area contributed by atoms with Crippen molar-refractivity contribution < 1.29 is 38.7 Å². The van der Waals surface area contributed by atoms with Gasteiger partial charge in [0.25, 0.3) is 5.91 Å². The van der Waals surface area contributed by atoms with Gasteiger partial charge in [-0.15, -0.1) is 0 Å². The number of amides is 1. The van der Waals surface area contributed by atoms with E-state index in [2.05, 4.69) is 5.32 Å². The Balaban J connectivity index is 1.47. The molecule has 2 saturated heterocycles. The van der Waals surface area contributed by atoms with E-state index in [-0.39, 0.29) is 6.61 Å². The van der Waals surface area contributed by atoms with Crippen molar-refractivity contribution in [2.75, 3.05) is 13.2 Å². The number of carbonyl (C=O) groups is 2. The van der Waals surface area contributed by atoms with Gasteiger partial charge in [0.05, 0.1) is 6.61 Å². The number of aliphatic carboxylic acids is 1. The van der Waals surface area contributed by atoms with Crippen LogP contribution in [0.15, 0.2) is 0 Å². The molecule has 29 heavy (non-hydrogen) atoms. The number of carboxylic acids is 1. The van der Waals surface area contributed by atoms with Gasteiger partial charge in [0, 0.05) is 25.7 Å². The first kappa shape index (κ1) is 21.0. The van der Waals surface area contributed by atoms with Crippen LogP contribution >= 0.6 is 0 Å². The summed E-state index contributed by atoms with van der Waals surface area (Å²) in [5.74, 6) is -3.29. The summed E-state index contributed by atoms with van der Waals surface area (Å²) in [5.41, 5.74) is 0. The summed E-state index contributed by atoms with van der Waals surface area (Å²) in [6.07, 6.45) is 5.22. The normalized spacial score (nSPS) is 34.3. The van der Waals surface area contributed by atoms with Gasteiger partial charge in [0.1, 0.15) is 24.9 Å². The molecule has 9 nitrogen and oxygen atoms in total. The summed E-state index contributed by atoms with van der Waals surface area (Å²) in [5, 5.41) is 22.3. The minimum atomic E-state index is -1.14. The largest absolute Gasteiger partial charge is 0.480 e. The molecule has 2 saturated carbocycles. The molecule has 2 spiro atoms. The monoisotopic (exact) mass is 413 g/mol. The molecule has 3 N–H and O–H groups in total. The molecule has 0 aromatic heterocycles. The second-order valence-corrected chi connectivity index (χ2v) is 8.63. The Bertz CT molecular complexity index is 614. The van der Waals surface area contributed by atoms with Crippen LogP contribution in [0.3, 0.4) is 0 Å². The van der Waals surface area contributed by atoms with Gasteiger partial charge in [0.15, 0.2) is 17.7 Å². The summed E-state index contributed by atoms with van der Waals surface area (Å²) in [6, 6.07) is 0. The highest BCUT2D eigenvalue weighted by Gasteiger charge is 2.56. The summed E-state index contributed by atoms with van der Waals surface area (Å²) >= 11 is 0. The summed E-state index contributed by atoms with van der Waals surface area (Å²) in [4.78, 5) is 23.5. The van der Waals surface area contributed by atoms with Crippen LogP contribution in [-0.2, 0) is 28.5 Å². The topological polar surface area (TPSA) is 124 Å². The van der Waals surface area contributed by atoms with Crippen LogP contribution < -0.4 is 5.32 Å². The van der Waals surface area contributed by atoms with Crippen molar-refractivity contribution in [1.82, 2.24) is 5.32 Å². The maximum absolute atomic E-state index is 12.6. The Hall–Kier alpha value is -1.26. The zero-order valence-electron chi connectivity index (χ0n) is 16.6. The summed E-state index contributed by atoms with van der Waals surface area (Å²) in [7, 11) is 0. The lowest BCUT2D eigenvalue weighted by molar-refractivity contribution is -0.217. The first-order chi connectivity index (χ1) is 13.9. The third kappa shape index (κ3) is 4.44. The van der Waals surface area contributed by atoms with E-state index in [0.29, 0.717) is 12.8 Å². The predicted octanol–water partition coefficient (Wildman–Crippen LogP) is 1.07. The van der Waals surface area contributed by atoms with E-state index in [1.807, 2.05) is 0 Å². The van der Waals surface area contributed by atoms with Crippen molar-refractivity contribution in [1.29, 1.82) is 0 Å². The molecule has 0 aromatic carbocycles. The van der Waals surface area contributed by atoms with Crippen molar-refractivity contribution in [3.63, 3.8) is 0 Å². The highest BCUT2D eigenvalue weighted by atomic mass is 16.8. The maximum Gasteiger partial charge on any atom is 0.322 e. The lowest BCUT2D eigenvalue weighted by Crippen LogP contribution is -2.51. The van der Waals surface area contributed by atoms with Gasteiger partial charge in [-0.3, -0.25) is 9.59 Å². The molecule has 2 aliphatic carbocycles. The first-order valence-corrected chi connectivity index (χ1v) is 10.8. The number of carbonyl (C=O) groups excluding carboxylic acids is 1. The van der Waals surface area contributed by atoms with Crippen LogP contribution in [0.2, 0.25) is 0 Å². The fourth-order valence-electron chi connectivity index (χ4n) is 4.99. The highest BCUT2D eigenvalue weighted by molar-refractivity contribution is 5.85. The molecule has 2 heterocycles. The molecule has 0 unspecified atom stereocenters. The Labute approximate surface area is 170 Å². The number of hydrogen-bond donors (Lipinski definition) is 3. The van der Waals surface area contributed by atoms with Gasteiger partial charge in [0.2, 0.25) is 0 Å². The number of nitrogens with one attached hydrogen (secondary N) is 1. The van der Waals surface area contributed by atoms with E-state index >= 15 is 0 Å². The molecule has 4 fully saturated rings. The van der Waals surface area contributed by atoms with Gasteiger partial charge in [-0.2, -0.15) is 0 Å². The Morgan fingerprint density at radius 2 is 1.55 bits per heavy atom. The van der Waals surface area contributed by atoms with Gasteiger partial charge < -0.3 is 34.5 Å². The molecule has 0 radical (unpaired) electrons. The van der Waals surface area contributed by atoms with E-state index in [9.17, 15) is 14.7 Å². The summed E-state index contributed by atoms with van der Waals surface area (Å²) in [6.45, 7) is -0.280. The van der Waals surface area contributed by atoms with Crippen molar-refractivity contribution in [2.24, 2.45) is 0 Å². The second-order valence-electron chi connectivity index (χ2n) is 8.63. The zero-order chi connectivity index (χ0) is 20.5. The quantitative estimate of drug-likeness (QED) is 0.612. The molecule has 0 aromatic rings. The Kier molecular flexibility index (Phi) is 6.13.